The summed E-state index contributed by atoms with van der Waals surface area (Å²) in [5, 5.41) is 5.45. The number of halogens is 3. The first kappa shape index (κ1) is 17.8. The van der Waals surface area contributed by atoms with Crippen molar-refractivity contribution in [3.05, 3.63) is 82.8 Å². The van der Waals surface area contributed by atoms with E-state index in [9.17, 15) is 13.6 Å². The van der Waals surface area contributed by atoms with Crippen LogP contribution in [-0.2, 0) is 6.54 Å². The minimum atomic E-state index is -0.523. The van der Waals surface area contributed by atoms with Gasteiger partial charge in [0.1, 0.15) is 23.1 Å². The van der Waals surface area contributed by atoms with E-state index in [1.165, 1.54) is 36.7 Å². The van der Waals surface area contributed by atoms with Crippen molar-refractivity contribution >= 4 is 29.0 Å². The maximum Gasteiger partial charge on any atom is 0.271 e. The molecule has 0 aliphatic carbocycles. The summed E-state index contributed by atoms with van der Waals surface area (Å²) >= 11 is 5.71. The molecule has 0 unspecified atom stereocenters. The molecule has 0 fully saturated rings. The Bertz CT molecular complexity index is 935. The van der Waals surface area contributed by atoms with E-state index < -0.39 is 17.5 Å². The highest BCUT2D eigenvalue weighted by Gasteiger charge is 2.10. The molecule has 1 aromatic heterocycles. The van der Waals surface area contributed by atoms with Crippen molar-refractivity contribution in [3.63, 3.8) is 0 Å². The van der Waals surface area contributed by atoms with Gasteiger partial charge in [0.2, 0.25) is 0 Å². The van der Waals surface area contributed by atoms with Gasteiger partial charge >= 0.3 is 0 Å². The standard InChI is InChI=1S/C18H13ClF2N4O/c19-13-7-12(5-6-15(13)21)25-17-10-22-16(9-23-17)18(26)24-8-11-3-1-2-4-14(11)20/h1-7,9-10H,8H2,(H,23,25)(H,24,26). The van der Waals surface area contributed by atoms with E-state index >= 15 is 0 Å². The lowest BCUT2D eigenvalue weighted by Crippen LogP contribution is -2.24. The van der Waals surface area contributed by atoms with Gasteiger partial charge in [-0.2, -0.15) is 0 Å². The number of hydrogen-bond acceptors (Lipinski definition) is 4. The smallest absolute Gasteiger partial charge is 0.271 e. The normalized spacial score (nSPS) is 10.4. The van der Waals surface area contributed by atoms with Crippen LogP contribution in [0.25, 0.3) is 0 Å². The van der Waals surface area contributed by atoms with E-state index in [1.54, 1.807) is 18.2 Å². The molecule has 0 saturated carbocycles. The summed E-state index contributed by atoms with van der Waals surface area (Å²) in [7, 11) is 0. The van der Waals surface area contributed by atoms with Gasteiger partial charge in [0.25, 0.3) is 5.91 Å². The summed E-state index contributed by atoms with van der Waals surface area (Å²) in [6.07, 6.45) is 2.64. The number of aromatic nitrogens is 2. The Kier molecular flexibility index (Phi) is 5.38. The van der Waals surface area contributed by atoms with Gasteiger partial charge in [-0.1, -0.05) is 29.8 Å². The van der Waals surface area contributed by atoms with Gasteiger partial charge < -0.3 is 10.6 Å². The summed E-state index contributed by atoms with van der Waals surface area (Å²) in [5.41, 5.74) is 0.992. The molecule has 1 heterocycles. The van der Waals surface area contributed by atoms with Crippen LogP contribution < -0.4 is 10.6 Å². The van der Waals surface area contributed by atoms with Crippen molar-refractivity contribution < 1.29 is 13.6 Å². The summed E-state index contributed by atoms with van der Waals surface area (Å²) in [4.78, 5) is 20.2. The molecule has 132 valence electrons. The number of hydrogen-bond donors (Lipinski definition) is 2. The molecule has 0 radical (unpaired) electrons. The van der Waals surface area contributed by atoms with E-state index in [0.29, 0.717) is 17.1 Å². The van der Waals surface area contributed by atoms with Gasteiger partial charge in [-0.3, -0.25) is 4.79 Å². The molecule has 2 aromatic carbocycles. The van der Waals surface area contributed by atoms with Crippen LogP contribution in [0.3, 0.4) is 0 Å². The Morgan fingerprint density at radius 1 is 1.04 bits per heavy atom. The maximum atomic E-state index is 13.5. The lowest BCUT2D eigenvalue weighted by Gasteiger charge is -2.08. The van der Waals surface area contributed by atoms with E-state index in [-0.39, 0.29) is 17.3 Å². The van der Waals surface area contributed by atoms with Crippen molar-refractivity contribution in [2.45, 2.75) is 6.54 Å². The van der Waals surface area contributed by atoms with E-state index in [4.69, 9.17) is 11.6 Å². The van der Waals surface area contributed by atoms with Crippen molar-refractivity contribution in [1.29, 1.82) is 0 Å². The van der Waals surface area contributed by atoms with Crippen LogP contribution in [0.5, 0.6) is 0 Å². The Balaban J connectivity index is 1.62. The number of anilines is 2. The van der Waals surface area contributed by atoms with Crippen molar-refractivity contribution in [2.24, 2.45) is 0 Å². The van der Waals surface area contributed by atoms with Crippen LogP contribution in [0.1, 0.15) is 16.1 Å². The molecular weight excluding hydrogens is 362 g/mol. The lowest BCUT2D eigenvalue weighted by molar-refractivity contribution is 0.0945. The molecule has 3 aromatic rings. The fourth-order valence-corrected chi connectivity index (χ4v) is 2.32. The van der Waals surface area contributed by atoms with Crippen molar-refractivity contribution in [1.82, 2.24) is 15.3 Å². The average molecular weight is 375 g/mol. The third-order valence-corrected chi connectivity index (χ3v) is 3.76. The van der Waals surface area contributed by atoms with Gasteiger partial charge in [-0.05, 0) is 24.3 Å². The van der Waals surface area contributed by atoms with Crippen LogP contribution in [0, 0.1) is 11.6 Å². The maximum absolute atomic E-state index is 13.5. The summed E-state index contributed by atoms with van der Waals surface area (Å²) in [6.45, 7) is 0.0429. The quantitative estimate of drug-likeness (QED) is 0.706. The molecule has 5 nitrogen and oxygen atoms in total. The molecule has 8 heteroatoms. The second-order valence-electron chi connectivity index (χ2n) is 5.31. The molecular formula is C18H13ClF2N4O. The molecule has 0 spiro atoms. The fraction of sp³-hybridized carbons (Fsp3) is 0.0556. The summed E-state index contributed by atoms with van der Waals surface area (Å²) in [5.74, 6) is -1.03. The van der Waals surface area contributed by atoms with Gasteiger partial charge in [0.15, 0.2) is 0 Å². The highest BCUT2D eigenvalue weighted by molar-refractivity contribution is 6.31. The number of rotatable bonds is 5. The van der Waals surface area contributed by atoms with Crippen LogP contribution in [-0.4, -0.2) is 15.9 Å². The van der Waals surface area contributed by atoms with Crippen molar-refractivity contribution in [3.8, 4) is 0 Å². The predicted octanol–water partition coefficient (Wildman–Crippen LogP) is 4.08. The molecule has 0 aliphatic heterocycles. The number of carbonyl (C=O) groups is 1. The Labute approximate surface area is 153 Å². The molecule has 2 N–H and O–H groups in total. The third kappa shape index (κ3) is 4.31. The molecule has 26 heavy (non-hydrogen) atoms. The monoisotopic (exact) mass is 374 g/mol. The van der Waals surface area contributed by atoms with Gasteiger partial charge in [0, 0.05) is 17.8 Å². The highest BCUT2D eigenvalue weighted by Crippen LogP contribution is 2.21. The fourth-order valence-electron chi connectivity index (χ4n) is 2.14. The first-order valence-corrected chi connectivity index (χ1v) is 7.96. The SMILES string of the molecule is O=C(NCc1ccccc1F)c1cnc(Nc2ccc(F)c(Cl)c2)cn1. The van der Waals surface area contributed by atoms with E-state index in [0.717, 1.165) is 0 Å². The number of benzene rings is 2. The number of carbonyl (C=O) groups excluding carboxylic acids is 1. The molecule has 1 amide bonds. The number of amides is 1. The molecule has 0 atom stereocenters. The largest absolute Gasteiger partial charge is 0.346 e. The van der Waals surface area contributed by atoms with Crippen LogP contribution in [0.15, 0.2) is 54.9 Å². The average Bonchev–Trinajstić information content (AvgIpc) is 2.64. The Hall–Kier alpha value is -3.06. The highest BCUT2D eigenvalue weighted by atomic mass is 35.5. The molecule has 0 saturated heterocycles. The Morgan fingerprint density at radius 2 is 1.85 bits per heavy atom. The lowest BCUT2D eigenvalue weighted by atomic mass is 10.2. The topological polar surface area (TPSA) is 66.9 Å². The van der Waals surface area contributed by atoms with Crippen LogP contribution in [0.4, 0.5) is 20.3 Å². The van der Waals surface area contributed by atoms with E-state index in [2.05, 4.69) is 20.6 Å². The molecule has 0 aliphatic rings. The van der Waals surface area contributed by atoms with Gasteiger partial charge in [0.05, 0.1) is 17.4 Å². The third-order valence-electron chi connectivity index (χ3n) is 3.47. The summed E-state index contributed by atoms with van der Waals surface area (Å²) < 4.78 is 26.7. The van der Waals surface area contributed by atoms with Crippen molar-refractivity contribution in [2.75, 3.05) is 5.32 Å². The molecule has 0 bridgehead atoms. The van der Waals surface area contributed by atoms with Gasteiger partial charge in [-0.25, -0.2) is 18.7 Å². The predicted molar refractivity (Wildman–Crippen MR) is 94.3 cm³/mol. The minimum absolute atomic E-state index is 0.0212. The zero-order chi connectivity index (χ0) is 18.5. The number of nitrogens with one attached hydrogen (secondary N) is 2. The first-order chi connectivity index (χ1) is 12.5. The minimum Gasteiger partial charge on any atom is -0.346 e. The van der Waals surface area contributed by atoms with Crippen LogP contribution >= 0.6 is 11.6 Å². The molecule has 3 rings (SSSR count). The van der Waals surface area contributed by atoms with Gasteiger partial charge in [-0.15, -0.1) is 0 Å². The number of nitrogens with zero attached hydrogens (tertiary/aromatic N) is 2. The van der Waals surface area contributed by atoms with E-state index in [1.807, 2.05) is 0 Å². The second kappa shape index (κ2) is 7.88. The zero-order valence-electron chi connectivity index (χ0n) is 13.3. The zero-order valence-corrected chi connectivity index (χ0v) is 14.1. The first-order valence-electron chi connectivity index (χ1n) is 7.58. The Morgan fingerprint density at radius 3 is 2.54 bits per heavy atom. The summed E-state index contributed by atoms with van der Waals surface area (Å²) in [6, 6.07) is 10.3. The van der Waals surface area contributed by atoms with Crippen LogP contribution in [0.2, 0.25) is 5.02 Å². The second-order valence-corrected chi connectivity index (χ2v) is 5.72.